The average molecular weight is 538 g/mol. The Balaban J connectivity index is 1.77. The zero-order valence-corrected chi connectivity index (χ0v) is 22.3. The molecule has 10 heteroatoms. The highest BCUT2D eigenvalue weighted by Crippen LogP contribution is 2.46. The lowest BCUT2D eigenvalue weighted by molar-refractivity contribution is -0.116. The van der Waals surface area contributed by atoms with Crippen LogP contribution in [0.25, 0.3) is 11.4 Å². The predicted molar refractivity (Wildman–Crippen MR) is 141 cm³/mol. The lowest BCUT2D eigenvalue weighted by atomic mass is 10.0. The Kier molecular flexibility index (Phi) is 6.64. The molecule has 8 nitrogen and oxygen atoms in total. The van der Waals surface area contributed by atoms with Crippen molar-refractivity contribution in [2.75, 3.05) is 7.11 Å². The van der Waals surface area contributed by atoms with Crippen LogP contribution in [0.3, 0.4) is 0 Å². The van der Waals surface area contributed by atoms with Gasteiger partial charge in [0, 0.05) is 35.1 Å². The maximum absolute atomic E-state index is 14.0. The topological polar surface area (TPSA) is 90.2 Å². The molecule has 2 aliphatic rings. The van der Waals surface area contributed by atoms with Gasteiger partial charge >= 0.3 is 0 Å². The molecule has 0 bridgehead atoms. The number of methoxy groups -OCH3 is 1. The molecular formula is C27H25Cl2N5O3. The molecule has 0 fully saturated rings. The number of ketones is 1. The fraction of sp³-hybridized carbons (Fsp3) is 0.296. The number of aryl methyl sites for hydroxylation is 1. The van der Waals surface area contributed by atoms with E-state index in [9.17, 15) is 9.59 Å². The van der Waals surface area contributed by atoms with Crippen LogP contribution in [-0.2, 0) is 11.2 Å². The summed E-state index contributed by atoms with van der Waals surface area (Å²) in [6.45, 7) is 5.98. The summed E-state index contributed by atoms with van der Waals surface area (Å²) in [6, 6.07) is 6.51. The molecule has 0 radical (unpaired) electrons. The molecule has 1 aliphatic heterocycles. The largest absolute Gasteiger partial charge is 0.480 e. The number of Topliss-reactive ketones (excluding diaryl/α,β-unsaturated/α-hetero) is 1. The quantitative estimate of drug-likeness (QED) is 0.402. The fourth-order valence-electron chi connectivity index (χ4n) is 4.78. The van der Waals surface area contributed by atoms with Crippen LogP contribution < -0.4 is 4.74 Å². The number of imidazole rings is 1. The lowest BCUT2D eigenvalue weighted by Crippen LogP contribution is -2.34. The summed E-state index contributed by atoms with van der Waals surface area (Å²) in [6.07, 6.45) is 5.62. The summed E-state index contributed by atoms with van der Waals surface area (Å²) in [5.74, 6) is 0.972. The van der Waals surface area contributed by atoms with Crippen molar-refractivity contribution in [3.05, 3.63) is 81.1 Å². The van der Waals surface area contributed by atoms with Crippen LogP contribution in [-0.4, -0.2) is 43.2 Å². The van der Waals surface area contributed by atoms with Gasteiger partial charge in [0.05, 0.1) is 24.1 Å². The van der Waals surface area contributed by atoms with Crippen molar-refractivity contribution in [1.82, 2.24) is 24.4 Å². The zero-order valence-electron chi connectivity index (χ0n) is 20.8. The van der Waals surface area contributed by atoms with Gasteiger partial charge in [-0.05, 0) is 37.6 Å². The van der Waals surface area contributed by atoms with Gasteiger partial charge in [-0.25, -0.2) is 9.97 Å². The number of hydrogen-bond acceptors (Lipinski definition) is 6. The average Bonchev–Trinajstić information content (AvgIpc) is 3.40. The number of carbonyl (C=O) groups is 2. The molecule has 0 spiro atoms. The van der Waals surface area contributed by atoms with Crippen LogP contribution in [0.2, 0.25) is 5.02 Å². The van der Waals surface area contributed by atoms with Crippen LogP contribution >= 0.6 is 23.2 Å². The Morgan fingerprint density at radius 1 is 1.14 bits per heavy atom. The zero-order chi connectivity index (χ0) is 26.4. The number of benzene rings is 1. The first kappa shape index (κ1) is 25.2. The van der Waals surface area contributed by atoms with E-state index in [4.69, 9.17) is 32.9 Å². The molecule has 3 aromatic rings. The van der Waals surface area contributed by atoms with Gasteiger partial charge in [-0.3, -0.25) is 14.5 Å². The fourth-order valence-corrected chi connectivity index (χ4v) is 5.09. The first-order valence-electron chi connectivity index (χ1n) is 12.0. The Labute approximate surface area is 224 Å². The van der Waals surface area contributed by atoms with Gasteiger partial charge < -0.3 is 9.30 Å². The molecule has 0 saturated heterocycles. The number of rotatable bonds is 6. The summed E-state index contributed by atoms with van der Waals surface area (Å²) in [5, 5.41) is 0.974. The van der Waals surface area contributed by atoms with Crippen molar-refractivity contribution in [2.24, 2.45) is 0 Å². The van der Waals surface area contributed by atoms with Crippen molar-refractivity contribution in [3.63, 3.8) is 0 Å². The first-order valence-corrected chi connectivity index (χ1v) is 12.7. The van der Waals surface area contributed by atoms with Gasteiger partial charge in [-0.2, -0.15) is 4.98 Å². The molecule has 1 aromatic carbocycles. The van der Waals surface area contributed by atoms with Crippen LogP contribution in [0.4, 0.5) is 0 Å². The van der Waals surface area contributed by atoms with Crippen molar-refractivity contribution in [1.29, 1.82) is 0 Å². The van der Waals surface area contributed by atoms with E-state index in [1.54, 1.807) is 37.6 Å². The summed E-state index contributed by atoms with van der Waals surface area (Å²) in [7, 11) is 1.55. The van der Waals surface area contributed by atoms with Crippen molar-refractivity contribution in [2.45, 2.75) is 45.7 Å². The normalized spacial score (nSPS) is 17.3. The third-order valence-corrected chi connectivity index (χ3v) is 6.96. The molecule has 5 rings (SSSR count). The van der Waals surface area contributed by atoms with Crippen LogP contribution in [0.15, 0.2) is 53.3 Å². The Morgan fingerprint density at radius 2 is 1.86 bits per heavy atom. The minimum Gasteiger partial charge on any atom is -0.480 e. The second kappa shape index (κ2) is 9.76. The van der Waals surface area contributed by atoms with E-state index in [0.29, 0.717) is 45.3 Å². The standard InChI is InChI=1S/C27H25Cl2N5O3/c1-5-21-30-13-18(26(31-21)37-4)25-32-22-24(33(25)14(2)3)23(15-6-8-16(28)9-7-15)34(27(22)36)19-12-17(29)10-11-20(19)35/h6-10,12-14,23H,5,11H2,1-4H3. The predicted octanol–water partition coefficient (Wildman–Crippen LogP) is 5.67. The molecule has 0 N–H and O–H groups in total. The summed E-state index contributed by atoms with van der Waals surface area (Å²) >= 11 is 12.5. The minimum atomic E-state index is -0.622. The number of aromatic nitrogens is 4. The van der Waals surface area contributed by atoms with Crippen molar-refractivity contribution < 1.29 is 14.3 Å². The lowest BCUT2D eigenvalue weighted by Gasteiger charge is -2.30. The number of halogens is 2. The van der Waals surface area contributed by atoms with Crippen LogP contribution in [0.1, 0.15) is 66.8 Å². The molecular weight excluding hydrogens is 513 g/mol. The third-order valence-electron chi connectivity index (χ3n) is 6.45. The number of nitrogens with zero attached hydrogens (tertiary/aromatic N) is 5. The van der Waals surface area contributed by atoms with Gasteiger partial charge in [-0.1, -0.05) is 48.3 Å². The monoisotopic (exact) mass is 537 g/mol. The maximum atomic E-state index is 14.0. The minimum absolute atomic E-state index is 0.0936. The second-order valence-corrected chi connectivity index (χ2v) is 9.94. The summed E-state index contributed by atoms with van der Waals surface area (Å²) < 4.78 is 7.57. The Bertz CT molecular complexity index is 1470. The van der Waals surface area contributed by atoms with Gasteiger partial charge in [0.25, 0.3) is 5.91 Å². The highest BCUT2D eigenvalue weighted by molar-refractivity contribution is 6.32. The smallest absolute Gasteiger partial charge is 0.279 e. The van der Waals surface area contributed by atoms with Crippen LogP contribution in [0.5, 0.6) is 5.88 Å². The van der Waals surface area contributed by atoms with Crippen molar-refractivity contribution in [3.8, 4) is 17.3 Å². The molecule has 37 heavy (non-hydrogen) atoms. The molecule has 1 amide bonds. The van der Waals surface area contributed by atoms with E-state index in [-0.39, 0.29) is 35.5 Å². The first-order chi connectivity index (χ1) is 17.7. The summed E-state index contributed by atoms with van der Waals surface area (Å²) in [5.41, 5.74) is 2.52. The molecule has 1 unspecified atom stereocenters. The second-order valence-electron chi connectivity index (χ2n) is 9.07. The van der Waals surface area contributed by atoms with E-state index < -0.39 is 6.04 Å². The van der Waals surface area contributed by atoms with E-state index in [1.165, 1.54) is 4.90 Å². The van der Waals surface area contributed by atoms with Gasteiger partial charge in [0.15, 0.2) is 11.5 Å². The third kappa shape index (κ3) is 4.24. The maximum Gasteiger partial charge on any atom is 0.279 e. The number of ether oxygens (including phenoxy) is 1. The number of amides is 1. The van der Waals surface area contributed by atoms with Crippen molar-refractivity contribution >= 4 is 34.9 Å². The Morgan fingerprint density at radius 3 is 2.51 bits per heavy atom. The highest BCUT2D eigenvalue weighted by Gasteiger charge is 2.47. The van der Waals surface area contributed by atoms with Gasteiger partial charge in [-0.15, -0.1) is 0 Å². The van der Waals surface area contributed by atoms with E-state index in [0.717, 1.165) is 5.56 Å². The highest BCUT2D eigenvalue weighted by atomic mass is 35.5. The van der Waals surface area contributed by atoms with Gasteiger partial charge in [0.2, 0.25) is 5.88 Å². The van der Waals surface area contributed by atoms with E-state index in [2.05, 4.69) is 9.97 Å². The van der Waals surface area contributed by atoms with E-state index in [1.807, 2.05) is 37.5 Å². The molecule has 1 atom stereocenters. The molecule has 1 aliphatic carbocycles. The molecule has 2 aromatic heterocycles. The molecule has 190 valence electrons. The SMILES string of the molecule is CCc1ncc(-c2nc3c(n2C(C)C)C(c2ccc(Cl)cc2)N(C2=CC(Cl)=CCC2=O)C3=O)c(OC)n1. The molecule has 3 heterocycles. The number of hydrogen-bond donors (Lipinski definition) is 0. The number of fused-ring (bicyclic) bond motifs is 1. The number of allylic oxidation sites excluding steroid dienone is 4. The summed E-state index contributed by atoms with van der Waals surface area (Å²) in [4.78, 5) is 42.2. The Hall–Kier alpha value is -3.49. The van der Waals surface area contributed by atoms with Crippen LogP contribution in [0, 0.1) is 0 Å². The molecule has 0 saturated carbocycles. The van der Waals surface area contributed by atoms with Gasteiger partial charge in [0.1, 0.15) is 17.7 Å². The van der Waals surface area contributed by atoms with E-state index >= 15 is 0 Å². The number of carbonyl (C=O) groups excluding carboxylic acids is 2.